The van der Waals surface area contributed by atoms with Crippen LogP contribution < -0.4 is 10.6 Å². The molecule has 0 radical (unpaired) electrons. The van der Waals surface area contributed by atoms with Crippen molar-refractivity contribution in [1.29, 1.82) is 0 Å². The normalized spacial score (nSPS) is 28.4. The Kier molecular flexibility index (Phi) is 6.69. The van der Waals surface area contributed by atoms with Crippen molar-refractivity contribution >= 4 is 5.91 Å². The summed E-state index contributed by atoms with van der Waals surface area (Å²) in [6, 6.07) is 0.613. The molecule has 1 rings (SSSR count). The highest BCUT2D eigenvalue weighted by Crippen LogP contribution is 2.28. The molecule has 0 aliphatic heterocycles. The minimum absolute atomic E-state index is 0.174. The van der Waals surface area contributed by atoms with Crippen molar-refractivity contribution < 1.29 is 4.79 Å². The van der Waals surface area contributed by atoms with Crippen LogP contribution in [0.25, 0.3) is 0 Å². The van der Waals surface area contributed by atoms with Crippen LogP contribution in [-0.4, -0.2) is 25.0 Å². The van der Waals surface area contributed by atoms with Crippen LogP contribution in [0.4, 0.5) is 0 Å². The van der Waals surface area contributed by atoms with Crippen molar-refractivity contribution in [3.63, 3.8) is 0 Å². The molecule has 1 aliphatic carbocycles. The SMILES string of the molecule is CC(C)CNC(=O)CCNC1CC(C)CC(C)C1. The summed E-state index contributed by atoms with van der Waals surface area (Å²) in [5.41, 5.74) is 0. The van der Waals surface area contributed by atoms with Crippen LogP contribution in [0.2, 0.25) is 0 Å². The van der Waals surface area contributed by atoms with Gasteiger partial charge in [-0.3, -0.25) is 4.79 Å². The third kappa shape index (κ3) is 6.39. The van der Waals surface area contributed by atoms with E-state index < -0.39 is 0 Å². The van der Waals surface area contributed by atoms with Crippen molar-refractivity contribution in [3.05, 3.63) is 0 Å². The van der Waals surface area contributed by atoms with Gasteiger partial charge in [0.1, 0.15) is 0 Å². The molecule has 3 nitrogen and oxygen atoms in total. The van der Waals surface area contributed by atoms with Gasteiger partial charge < -0.3 is 10.6 Å². The first kappa shape index (κ1) is 15.5. The molecule has 0 aromatic carbocycles. The van der Waals surface area contributed by atoms with Crippen molar-refractivity contribution in [2.24, 2.45) is 17.8 Å². The summed E-state index contributed by atoms with van der Waals surface area (Å²) < 4.78 is 0. The predicted octanol–water partition coefficient (Wildman–Crippen LogP) is 2.56. The summed E-state index contributed by atoms with van der Waals surface area (Å²) in [5, 5.41) is 6.50. The second-order valence-corrected chi connectivity index (χ2v) is 6.52. The minimum atomic E-state index is 0.174. The lowest BCUT2D eigenvalue weighted by Gasteiger charge is -2.32. The van der Waals surface area contributed by atoms with E-state index in [1.165, 1.54) is 19.3 Å². The molecule has 2 N–H and O–H groups in total. The van der Waals surface area contributed by atoms with Gasteiger partial charge in [0, 0.05) is 25.6 Å². The van der Waals surface area contributed by atoms with Crippen molar-refractivity contribution in [1.82, 2.24) is 10.6 Å². The molecule has 1 aliphatic rings. The number of nitrogens with one attached hydrogen (secondary N) is 2. The van der Waals surface area contributed by atoms with Crippen LogP contribution in [0.15, 0.2) is 0 Å². The largest absolute Gasteiger partial charge is 0.356 e. The Morgan fingerprint density at radius 3 is 2.33 bits per heavy atom. The highest BCUT2D eigenvalue weighted by atomic mass is 16.1. The average molecular weight is 254 g/mol. The summed E-state index contributed by atoms with van der Waals surface area (Å²) >= 11 is 0. The first-order valence-electron chi connectivity index (χ1n) is 7.47. The quantitative estimate of drug-likeness (QED) is 0.765. The van der Waals surface area contributed by atoms with E-state index in [4.69, 9.17) is 0 Å². The Morgan fingerprint density at radius 2 is 1.78 bits per heavy atom. The highest BCUT2D eigenvalue weighted by Gasteiger charge is 2.23. The average Bonchev–Trinajstić information content (AvgIpc) is 2.25. The molecule has 1 saturated carbocycles. The van der Waals surface area contributed by atoms with E-state index in [9.17, 15) is 4.79 Å². The standard InChI is InChI=1S/C15H30N2O/c1-11(2)10-17-15(18)5-6-16-14-8-12(3)7-13(4)9-14/h11-14,16H,5-10H2,1-4H3,(H,17,18). The molecule has 0 heterocycles. The van der Waals surface area contributed by atoms with Crippen LogP contribution in [-0.2, 0) is 4.79 Å². The van der Waals surface area contributed by atoms with Crippen LogP contribution in [0.5, 0.6) is 0 Å². The topological polar surface area (TPSA) is 41.1 Å². The number of carbonyl (C=O) groups is 1. The van der Waals surface area contributed by atoms with Gasteiger partial charge in [-0.15, -0.1) is 0 Å². The summed E-state index contributed by atoms with van der Waals surface area (Å²) in [6.45, 7) is 10.5. The number of carbonyl (C=O) groups excluding carboxylic acids is 1. The van der Waals surface area contributed by atoms with Crippen LogP contribution in [0, 0.1) is 17.8 Å². The van der Waals surface area contributed by atoms with Gasteiger partial charge in [0.05, 0.1) is 0 Å². The Hall–Kier alpha value is -0.570. The minimum Gasteiger partial charge on any atom is -0.356 e. The van der Waals surface area contributed by atoms with E-state index >= 15 is 0 Å². The summed E-state index contributed by atoms with van der Waals surface area (Å²) in [6.07, 6.45) is 4.48. The maximum absolute atomic E-state index is 11.6. The summed E-state index contributed by atoms with van der Waals surface area (Å²) in [5.74, 6) is 2.34. The number of hydrogen-bond acceptors (Lipinski definition) is 2. The van der Waals surface area contributed by atoms with E-state index in [1.54, 1.807) is 0 Å². The fourth-order valence-corrected chi connectivity index (χ4v) is 2.91. The molecule has 0 aromatic rings. The molecule has 2 unspecified atom stereocenters. The predicted molar refractivity (Wildman–Crippen MR) is 76.4 cm³/mol. The molecule has 106 valence electrons. The molecule has 0 bridgehead atoms. The molecule has 1 amide bonds. The van der Waals surface area contributed by atoms with Gasteiger partial charge in [0.25, 0.3) is 0 Å². The number of rotatable bonds is 6. The molecule has 1 fully saturated rings. The number of hydrogen-bond donors (Lipinski definition) is 2. The smallest absolute Gasteiger partial charge is 0.221 e. The zero-order chi connectivity index (χ0) is 13.5. The molecule has 2 atom stereocenters. The van der Waals surface area contributed by atoms with Gasteiger partial charge in [-0.05, 0) is 37.0 Å². The summed E-state index contributed by atoms with van der Waals surface area (Å²) in [7, 11) is 0. The van der Waals surface area contributed by atoms with Gasteiger partial charge in [0.2, 0.25) is 5.91 Å². The molecule has 0 saturated heterocycles. The zero-order valence-corrected chi connectivity index (χ0v) is 12.5. The molecular formula is C15H30N2O. The van der Waals surface area contributed by atoms with E-state index in [-0.39, 0.29) is 5.91 Å². The van der Waals surface area contributed by atoms with Crippen molar-refractivity contribution in [3.8, 4) is 0 Å². The van der Waals surface area contributed by atoms with E-state index in [1.807, 2.05) is 0 Å². The molecule has 0 spiro atoms. The van der Waals surface area contributed by atoms with Gasteiger partial charge in [-0.1, -0.05) is 27.7 Å². The maximum atomic E-state index is 11.6. The molecular weight excluding hydrogens is 224 g/mol. The van der Waals surface area contributed by atoms with Gasteiger partial charge in [-0.25, -0.2) is 0 Å². The fraction of sp³-hybridized carbons (Fsp3) is 0.933. The monoisotopic (exact) mass is 254 g/mol. The maximum Gasteiger partial charge on any atom is 0.221 e. The summed E-state index contributed by atoms with van der Waals surface area (Å²) in [4.78, 5) is 11.6. The second kappa shape index (κ2) is 7.78. The van der Waals surface area contributed by atoms with Gasteiger partial charge in [0.15, 0.2) is 0 Å². The fourth-order valence-electron chi connectivity index (χ4n) is 2.91. The van der Waals surface area contributed by atoms with E-state index in [0.717, 1.165) is 24.9 Å². The third-order valence-electron chi connectivity index (χ3n) is 3.67. The lowest BCUT2D eigenvalue weighted by molar-refractivity contribution is -0.121. The van der Waals surface area contributed by atoms with Crippen LogP contribution in [0.3, 0.4) is 0 Å². The Morgan fingerprint density at radius 1 is 1.17 bits per heavy atom. The van der Waals surface area contributed by atoms with Gasteiger partial charge in [-0.2, -0.15) is 0 Å². The van der Waals surface area contributed by atoms with Crippen LogP contribution in [0.1, 0.15) is 53.4 Å². The number of amides is 1. The molecule has 18 heavy (non-hydrogen) atoms. The molecule has 0 aromatic heterocycles. The lowest BCUT2D eigenvalue weighted by atomic mass is 9.80. The highest BCUT2D eigenvalue weighted by molar-refractivity contribution is 5.76. The Bertz CT molecular complexity index is 243. The van der Waals surface area contributed by atoms with E-state index in [0.29, 0.717) is 18.4 Å². The van der Waals surface area contributed by atoms with Crippen molar-refractivity contribution in [2.75, 3.05) is 13.1 Å². The zero-order valence-electron chi connectivity index (χ0n) is 12.5. The third-order valence-corrected chi connectivity index (χ3v) is 3.67. The van der Waals surface area contributed by atoms with Gasteiger partial charge >= 0.3 is 0 Å². The Balaban J connectivity index is 2.11. The second-order valence-electron chi connectivity index (χ2n) is 6.52. The molecule has 3 heteroatoms. The Labute approximate surface area is 112 Å². The van der Waals surface area contributed by atoms with Crippen LogP contribution >= 0.6 is 0 Å². The first-order valence-corrected chi connectivity index (χ1v) is 7.47. The van der Waals surface area contributed by atoms with E-state index in [2.05, 4.69) is 38.3 Å². The van der Waals surface area contributed by atoms with Crippen molar-refractivity contribution in [2.45, 2.75) is 59.4 Å². The first-order chi connectivity index (χ1) is 8.47. The lowest BCUT2D eigenvalue weighted by Crippen LogP contribution is -2.38.